The van der Waals surface area contributed by atoms with Crippen LogP contribution in [0.25, 0.3) is 11.2 Å². The average Bonchev–Trinajstić information content (AvgIpc) is 2.76. The highest BCUT2D eigenvalue weighted by Crippen LogP contribution is 2.26. The smallest absolute Gasteiger partial charge is 0.159 e. The van der Waals surface area contributed by atoms with Crippen molar-refractivity contribution in [1.29, 1.82) is 0 Å². The Balaban J connectivity index is 1.94. The van der Waals surface area contributed by atoms with E-state index in [9.17, 15) is 0 Å². The zero-order chi connectivity index (χ0) is 14.9. The Kier molecular flexibility index (Phi) is 3.98. The molecule has 2 aromatic heterocycles. The summed E-state index contributed by atoms with van der Waals surface area (Å²) in [6.45, 7) is 9.58. The third-order valence-electron chi connectivity index (χ3n) is 4.05. The highest BCUT2D eigenvalue weighted by atomic mass is 16.5. The molecule has 0 bridgehead atoms. The summed E-state index contributed by atoms with van der Waals surface area (Å²) in [6, 6.07) is 4.03. The number of ether oxygens (including phenoxy) is 1. The van der Waals surface area contributed by atoms with Crippen LogP contribution in [0.2, 0.25) is 0 Å². The van der Waals surface area contributed by atoms with E-state index in [-0.39, 0.29) is 5.41 Å². The number of aromatic nitrogens is 3. The van der Waals surface area contributed by atoms with Crippen LogP contribution in [0.15, 0.2) is 18.3 Å². The van der Waals surface area contributed by atoms with Gasteiger partial charge in [-0.15, -0.1) is 0 Å². The minimum atomic E-state index is 0.231. The van der Waals surface area contributed by atoms with Gasteiger partial charge in [0.25, 0.3) is 0 Å². The summed E-state index contributed by atoms with van der Waals surface area (Å²) < 4.78 is 7.82. The number of fused-ring (bicyclic) bond motifs is 1. The zero-order valence-corrected chi connectivity index (χ0v) is 13.3. The van der Waals surface area contributed by atoms with E-state index < -0.39 is 0 Å². The van der Waals surface area contributed by atoms with Crippen molar-refractivity contribution in [1.82, 2.24) is 14.5 Å². The summed E-state index contributed by atoms with van der Waals surface area (Å²) >= 11 is 0. The predicted molar refractivity (Wildman–Crippen MR) is 84.2 cm³/mol. The molecule has 114 valence electrons. The van der Waals surface area contributed by atoms with Gasteiger partial charge in [0.2, 0.25) is 0 Å². The second-order valence-corrected chi connectivity index (χ2v) is 7.28. The van der Waals surface area contributed by atoms with Crippen LogP contribution in [0.3, 0.4) is 0 Å². The number of rotatable bonds is 3. The van der Waals surface area contributed by atoms with Crippen molar-refractivity contribution in [3.05, 3.63) is 24.2 Å². The predicted octanol–water partition coefficient (Wildman–Crippen LogP) is 3.45. The molecule has 4 nitrogen and oxygen atoms in total. The van der Waals surface area contributed by atoms with E-state index in [1.165, 1.54) is 5.82 Å². The van der Waals surface area contributed by atoms with Crippen LogP contribution in [0.5, 0.6) is 0 Å². The summed E-state index contributed by atoms with van der Waals surface area (Å²) in [5.41, 5.74) is 2.28. The third kappa shape index (κ3) is 3.43. The van der Waals surface area contributed by atoms with Gasteiger partial charge in [0, 0.05) is 32.4 Å². The summed E-state index contributed by atoms with van der Waals surface area (Å²) in [5, 5.41) is 0. The Morgan fingerprint density at radius 2 is 2.05 bits per heavy atom. The molecule has 1 fully saturated rings. The highest BCUT2D eigenvalue weighted by molar-refractivity contribution is 5.71. The molecule has 0 radical (unpaired) electrons. The molecule has 4 heteroatoms. The first-order valence-electron chi connectivity index (χ1n) is 7.91. The van der Waals surface area contributed by atoms with Crippen LogP contribution in [0.4, 0.5) is 0 Å². The number of imidazole rings is 1. The molecule has 0 aliphatic carbocycles. The molecule has 0 atom stereocenters. The van der Waals surface area contributed by atoms with Gasteiger partial charge in [-0.05, 0) is 36.3 Å². The van der Waals surface area contributed by atoms with Crippen LogP contribution in [0.1, 0.15) is 39.4 Å². The Bertz CT molecular complexity index is 606. The molecule has 0 saturated carbocycles. The molecular formula is C17H25N3O. The number of hydrogen-bond acceptors (Lipinski definition) is 3. The molecule has 0 amide bonds. The van der Waals surface area contributed by atoms with E-state index in [0.717, 1.165) is 50.2 Å². The van der Waals surface area contributed by atoms with Gasteiger partial charge in [0.1, 0.15) is 11.3 Å². The Hall–Kier alpha value is -1.42. The number of hydrogen-bond donors (Lipinski definition) is 0. The lowest BCUT2D eigenvalue weighted by molar-refractivity contribution is 0.0612. The van der Waals surface area contributed by atoms with E-state index in [1.54, 1.807) is 0 Å². The van der Waals surface area contributed by atoms with Gasteiger partial charge in [-0.25, -0.2) is 9.97 Å². The standard InChI is InChI=1S/C17H25N3O/c1-17(2,3)11-15-19-14-5-4-8-18-16(14)20(15)12-13-6-9-21-10-7-13/h4-5,8,13H,6-7,9-12H2,1-3H3. The summed E-state index contributed by atoms with van der Waals surface area (Å²) in [4.78, 5) is 9.40. The highest BCUT2D eigenvalue weighted by Gasteiger charge is 2.22. The molecule has 3 heterocycles. The van der Waals surface area contributed by atoms with Gasteiger partial charge < -0.3 is 9.30 Å². The lowest BCUT2D eigenvalue weighted by Crippen LogP contribution is -2.23. The second-order valence-electron chi connectivity index (χ2n) is 7.28. The number of nitrogens with zero attached hydrogens (tertiary/aromatic N) is 3. The van der Waals surface area contributed by atoms with E-state index >= 15 is 0 Å². The van der Waals surface area contributed by atoms with Crippen LogP contribution in [0, 0.1) is 11.3 Å². The molecule has 1 aliphatic heterocycles. The van der Waals surface area contributed by atoms with Crippen molar-refractivity contribution in [3.63, 3.8) is 0 Å². The Morgan fingerprint density at radius 1 is 1.29 bits per heavy atom. The molecule has 21 heavy (non-hydrogen) atoms. The van der Waals surface area contributed by atoms with E-state index in [2.05, 4.69) is 36.4 Å². The molecule has 3 rings (SSSR count). The van der Waals surface area contributed by atoms with Gasteiger partial charge in [0.15, 0.2) is 5.65 Å². The molecule has 1 saturated heterocycles. The normalized spacial score (nSPS) is 17.5. The molecule has 2 aromatic rings. The minimum absolute atomic E-state index is 0.231. The third-order valence-corrected chi connectivity index (χ3v) is 4.05. The average molecular weight is 287 g/mol. The quantitative estimate of drug-likeness (QED) is 0.868. The van der Waals surface area contributed by atoms with Gasteiger partial charge in [-0.1, -0.05) is 20.8 Å². The molecule has 0 unspecified atom stereocenters. The molecule has 0 N–H and O–H groups in total. The van der Waals surface area contributed by atoms with Crippen LogP contribution in [-0.2, 0) is 17.7 Å². The fourth-order valence-electron chi connectivity index (χ4n) is 2.99. The van der Waals surface area contributed by atoms with Gasteiger partial charge in [-0.3, -0.25) is 0 Å². The molecular weight excluding hydrogens is 262 g/mol. The van der Waals surface area contributed by atoms with Crippen molar-refractivity contribution >= 4 is 11.2 Å². The van der Waals surface area contributed by atoms with Crippen molar-refractivity contribution in [2.45, 2.75) is 46.6 Å². The minimum Gasteiger partial charge on any atom is -0.381 e. The number of pyridine rings is 1. The largest absolute Gasteiger partial charge is 0.381 e. The monoisotopic (exact) mass is 287 g/mol. The SMILES string of the molecule is CC(C)(C)Cc1nc2cccnc2n1CC1CCOCC1. The molecule has 0 spiro atoms. The Labute approximate surface area is 126 Å². The maximum atomic E-state index is 5.48. The second kappa shape index (κ2) is 5.76. The summed E-state index contributed by atoms with van der Waals surface area (Å²) in [6.07, 6.45) is 5.13. The van der Waals surface area contributed by atoms with E-state index in [0.29, 0.717) is 5.92 Å². The maximum absolute atomic E-state index is 5.48. The van der Waals surface area contributed by atoms with Crippen molar-refractivity contribution < 1.29 is 4.74 Å². The maximum Gasteiger partial charge on any atom is 0.159 e. The fraction of sp³-hybridized carbons (Fsp3) is 0.647. The van der Waals surface area contributed by atoms with Crippen molar-refractivity contribution in [3.8, 4) is 0 Å². The van der Waals surface area contributed by atoms with Crippen LogP contribution < -0.4 is 0 Å². The van der Waals surface area contributed by atoms with E-state index in [4.69, 9.17) is 9.72 Å². The van der Waals surface area contributed by atoms with Gasteiger partial charge in [0.05, 0.1) is 0 Å². The van der Waals surface area contributed by atoms with E-state index in [1.807, 2.05) is 12.3 Å². The summed E-state index contributed by atoms with van der Waals surface area (Å²) in [5.74, 6) is 1.85. The van der Waals surface area contributed by atoms with Crippen molar-refractivity contribution in [2.24, 2.45) is 11.3 Å². The van der Waals surface area contributed by atoms with Crippen LogP contribution >= 0.6 is 0 Å². The first-order valence-corrected chi connectivity index (χ1v) is 7.91. The zero-order valence-electron chi connectivity index (χ0n) is 13.3. The first-order chi connectivity index (χ1) is 10.0. The van der Waals surface area contributed by atoms with Gasteiger partial charge in [-0.2, -0.15) is 0 Å². The first kappa shape index (κ1) is 14.5. The van der Waals surface area contributed by atoms with Crippen LogP contribution in [-0.4, -0.2) is 27.7 Å². The molecule has 0 aromatic carbocycles. The lowest BCUT2D eigenvalue weighted by Gasteiger charge is -2.24. The fourth-order valence-corrected chi connectivity index (χ4v) is 2.99. The Morgan fingerprint density at radius 3 is 2.76 bits per heavy atom. The topological polar surface area (TPSA) is 39.9 Å². The van der Waals surface area contributed by atoms with Gasteiger partial charge >= 0.3 is 0 Å². The lowest BCUT2D eigenvalue weighted by atomic mass is 9.91. The molecule has 1 aliphatic rings. The van der Waals surface area contributed by atoms with Crippen molar-refractivity contribution in [2.75, 3.05) is 13.2 Å². The summed E-state index contributed by atoms with van der Waals surface area (Å²) in [7, 11) is 0.